The second kappa shape index (κ2) is 9.71. The predicted octanol–water partition coefficient (Wildman–Crippen LogP) is 4.24. The second-order valence-electron chi connectivity index (χ2n) is 7.05. The van der Waals surface area contributed by atoms with Gasteiger partial charge in [-0.15, -0.1) is 13.2 Å². The maximum Gasteiger partial charge on any atom is 0.573 e. The molecular weight excluding hydrogens is 399 g/mol. The van der Waals surface area contributed by atoms with Gasteiger partial charge in [0.25, 0.3) is 0 Å². The second-order valence-corrected chi connectivity index (χ2v) is 7.05. The fraction of sp³-hybridized carbons (Fsp3) is 0.381. The van der Waals surface area contributed by atoms with Crippen LogP contribution in [-0.2, 0) is 11.3 Å². The van der Waals surface area contributed by atoms with Crippen molar-refractivity contribution in [3.05, 3.63) is 53.6 Å². The minimum atomic E-state index is -4.73. The lowest BCUT2D eigenvalue weighted by Crippen LogP contribution is -2.22. The zero-order valence-electron chi connectivity index (χ0n) is 16.5. The van der Waals surface area contributed by atoms with Crippen LogP contribution in [0.15, 0.2) is 47.5 Å². The number of nitrogens with two attached hydrogens (primary N) is 1. The summed E-state index contributed by atoms with van der Waals surface area (Å²) < 4.78 is 51.9. The van der Waals surface area contributed by atoms with Crippen molar-refractivity contribution < 1.29 is 27.4 Å². The van der Waals surface area contributed by atoms with Gasteiger partial charge in [0.1, 0.15) is 11.5 Å². The number of anilines is 1. The average molecular weight is 423 g/mol. The summed E-state index contributed by atoms with van der Waals surface area (Å²) in [6.45, 7) is 4.35. The Morgan fingerprint density at radius 2 is 2.00 bits per heavy atom. The van der Waals surface area contributed by atoms with Crippen molar-refractivity contribution in [3.8, 4) is 11.5 Å². The van der Waals surface area contributed by atoms with Gasteiger partial charge in [-0.2, -0.15) is 0 Å². The molecule has 3 N–H and O–H groups in total. The first kappa shape index (κ1) is 21.8. The Kier molecular flexibility index (Phi) is 7.04. The van der Waals surface area contributed by atoms with Crippen molar-refractivity contribution in [1.29, 1.82) is 0 Å². The molecule has 1 heterocycles. The van der Waals surface area contributed by atoms with Crippen LogP contribution in [0, 0.1) is 12.8 Å². The summed E-state index contributed by atoms with van der Waals surface area (Å²) in [5, 5.41) is 2.84. The third kappa shape index (κ3) is 6.84. The van der Waals surface area contributed by atoms with Crippen LogP contribution in [0.4, 0.5) is 18.9 Å². The molecule has 162 valence electrons. The summed E-state index contributed by atoms with van der Waals surface area (Å²) in [5.41, 5.74) is 8.37. The van der Waals surface area contributed by atoms with E-state index in [0.29, 0.717) is 31.4 Å². The maximum absolute atomic E-state index is 12.2. The molecule has 1 atom stereocenters. The highest BCUT2D eigenvalue weighted by Gasteiger charge is 2.30. The molecule has 1 saturated heterocycles. The molecule has 0 aliphatic carbocycles. The van der Waals surface area contributed by atoms with Gasteiger partial charge in [-0.25, -0.2) is 4.99 Å². The van der Waals surface area contributed by atoms with Crippen LogP contribution in [0.5, 0.6) is 11.5 Å². The monoisotopic (exact) mass is 423 g/mol. The number of hydrogen-bond acceptors (Lipinski definition) is 4. The summed E-state index contributed by atoms with van der Waals surface area (Å²) in [4.78, 5) is 4.31. The molecule has 1 unspecified atom stereocenters. The molecule has 2 aromatic carbocycles. The van der Waals surface area contributed by atoms with Crippen molar-refractivity contribution in [2.75, 3.05) is 25.1 Å². The smallest absolute Gasteiger partial charge is 0.493 e. The van der Waals surface area contributed by atoms with Gasteiger partial charge in [-0.3, -0.25) is 0 Å². The average Bonchev–Trinajstić information content (AvgIpc) is 3.19. The fourth-order valence-electron chi connectivity index (χ4n) is 2.95. The number of nitrogens with one attached hydrogen (secondary N) is 1. The van der Waals surface area contributed by atoms with Crippen LogP contribution in [0.25, 0.3) is 0 Å². The fourth-order valence-corrected chi connectivity index (χ4v) is 2.95. The lowest BCUT2D eigenvalue weighted by atomic mass is 10.1. The SMILES string of the molecule is Cc1ccc(CN=C(N)Nc2ccc(OC(F)(F)F)cc2)c(OCC2CCOC2)c1. The van der Waals surface area contributed by atoms with Crippen LogP contribution in [0.1, 0.15) is 17.5 Å². The molecule has 0 saturated carbocycles. The molecule has 1 fully saturated rings. The lowest BCUT2D eigenvalue weighted by molar-refractivity contribution is -0.274. The highest BCUT2D eigenvalue weighted by molar-refractivity contribution is 5.92. The van der Waals surface area contributed by atoms with Gasteiger partial charge in [0.2, 0.25) is 0 Å². The van der Waals surface area contributed by atoms with E-state index in [1.165, 1.54) is 24.3 Å². The lowest BCUT2D eigenvalue weighted by Gasteiger charge is -2.14. The van der Waals surface area contributed by atoms with E-state index < -0.39 is 6.36 Å². The van der Waals surface area contributed by atoms with E-state index >= 15 is 0 Å². The molecule has 1 aliphatic rings. The van der Waals surface area contributed by atoms with Crippen LogP contribution in [0.3, 0.4) is 0 Å². The third-order valence-electron chi connectivity index (χ3n) is 4.50. The third-order valence-corrected chi connectivity index (χ3v) is 4.50. The van der Waals surface area contributed by atoms with Crippen LogP contribution in [-0.4, -0.2) is 32.1 Å². The van der Waals surface area contributed by atoms with E-state index in [-0.39, 0.29) is 11.7 Å². The van der Waals surface area contributed by atoms with Gasteiger partial charge in [-0.1, -0.05) is 12.1 Å². The van der Waals surface area contributed by atoms with Gasteiger partial charge in [-0.05, 0) is 49.2 Å². The largest absolute Gasteiger partial charge is 0.573 e. The molecule has 3 rings (SSSR count). The standard InChI is InChI=1S/C21H24F3N3O3/c1-14-2-3-16(19(10-14)29-13-15-8-9-28-12-15)11-26-20(25)27-17-4-6-18(7-5-17)30-21(22,23)24/h2-7,10,15H,8-9,11-13H2,1H3,(H3,25,26,27). The minimum absolute atomic E-state index is 0.134. The first-order chi connectivity index (χ1) is 14.3. The molecule has 0 spiro atoms. The van der Waals surface area contributed by atoms with Gasteiger partial charge < -0.3 is 25.3 Å². The van der Waals surface area contributed by atoms with E-state index in [9.17, 15) is 13.2 Å². The van der Waals surface area contributed by atoms with Crippen molar-refractivity contribution in [1.82, 2.24) is 0 Å². The normalized spacial score (nSPS) is 17.1. The topological polar surface area (TPSA) is 78.1 Å². The number of aryl methyl sites for hydroxylation is 1. The highest BCUT2D eigenvalue weighted by Crippen LogP contribution is 2.25. The Bertz CT molecular complexity index is 864. The molecule has 0 amide bonds. The van der Waals surface area contributed by atoms with Gasteiger partial charge in [0, 0.05) is 23.8 Å². The predicted molar refractivity (Wildman–Crippen MR) is 108 cm³/mol. The summed E-state index contributed by atoms with van der Waals surface area (Å²) in [7, 11) is 0. The Balaban J connectivity index is 1.59. The first-order valence-corrected chi connectivity index (χ1v) is 9.51. The van der Waals surface area contributed by atoms with Crippen molar-refractivity contribution >= 4 is 11.6 Å². The maximum atomic E-state index is 12.2. The first-order valence-electron chi connectivity index (χ1n) is 9.51. The van der Waals surface area contributed by atoms with Gasteiger partial charge in [0.15, 0.2) is 5.96 Å². The quantitative estimate of drug-likeness (QED) is 0.515. The summed E-state index contributed by atoms with van der Waals surface area (Å²) in [6.07, 6.45) is -3.74. The molecule has 0 aromatic heterocycles. The van der Waals surface area contributed by atoms with E-state index in [4.69, 9.17) is 15.2 Å². The van der Waals surface area contributed by atoms with Crippen molar-refractivity contribution in [3.63, 3.8) is 0 Å². The number of ether oxygens (including phenoxy) is 3. The number of hydrogen-bond donors (Lipinski definition) is 2. The molecule has 30 heavy (non-hydrogen) atoms. The minimum Gasteiger partial charge on any atom is -0.493 e. The van der Waals surface area contributed by atoms with Crippen LogP contribution >= 0.6 is 0 Å². The van der Waals surface area contributed by atoms with Crippen molar-refractivity contribution in [2.24, 2.45) is 16.6 Å². The Morgan fingerprint density at radius 1 is 1.23 bits per heavy atom. The molecule has 9 heteroatoms. The zero-order valence-corrected chi connectivity index (χ0v) is 16.5. The number of rotatable bonds is 7. The molecular formula is C21H24F3N3O3. The summed E-state index contributed by atoms with van der Waals surface area (Å²) in [5.74, 6) is 0.970. The number of halogens is 3. The number of alkyl halides is 3. The molecule has 1 aliphatic heterocycles. The van der Waals surface area contributed by atoms with Crippen molar-refractivity contribution in [2.45, 2.75) is 26.3 Å². The Labute approximate surface area is 172 Å². The number of nitrogens with zero attached hydrogens (tertiary/aromatic N) is 1. The van der Waals surface area contributed by atoms with E-state index in [2.05, 4.69) is 15.0 Å². The number of aliphatic imine (C=N–C) groups is 1. The summed E-state index contributed by atoms with van der Waals surface area (Å²) >= 11 is 0. The van der Waals surface area contributed by atoms with Crippen LogP contribution < -0.4 is 20.5 Å². The Hall–Kier alpha value is -2.94. The van der Waals surface area contributed by atoms with Gasteiger partial charge in [0.05, 0.1) is 19.8 Å². The zero-order chi connectivity index (χ0) is 21.6. The number of benzene rings is 2. The van der Waals surface area contributed by atoms with E-state index in [1.807, 2.05) is 25.1 Å². The molecule has 2 aromatic rings. The Morgan fingerprint density at radius 3 is 2.67 bits per heavy atom. The molecule has 6 nitrogen and oxygen atoms in total. The highest BCUT2D eigenvalue weighted by atomic mass is 19.4. The molecule has 0 bridgehead atoms. The van der Waals surface area contributed by atoms with E-state index in [1.54, 1.807) is 0 Å². The molecule has 0 radical (unpaired) electrons. The van der Waals surface area contributed by atoms with E-state index in [0.717, 1.165) is 29.9 Å². The van der Waals surface area contributed by atoms with Gasteiger partial charge >= 0.3 is 6.36 Å². The number of guanidine groups is 1. The summed E-state index contributed by atoms with van der Waals surface area (Å²) in [6, 6.07) is 11.1. The van der Waals surface area contributed by atoms with Crippen LogP contribution in [0.2, 0.25) is 0 Å².